The van der Waals surface area contributed by atoms with E-state index in [1.165, 1.54) is 50.3 Å². The Morgan fingerprint density at radius 3 is 1.97 bits per heavy atom. The quantitative estimate of drug-likeness (QED) is 0.142. The van der Waals surface area contributed by atoms with Gasteiger partial charge in [-0.05, 0) is 95.8 Å². The van der Waals surface area contributed by atoms with Gasteiger partial charge in [-0.15, -0.1) is 0 Å². The number of nitrogens with zero attached hydrogens (tertiary/aromatic N) is 3. The van der Waals surface area contributed by atoms with E-state index in [2.05, 4.69) is 202 Å². The van der Waals surface area contributed by atoms with Crippen molar-refractivity contribution in [1.29, 1.82) is 0 Å². The third-order valence-corrected chi connectivity index (χ3v) is 14.1. The third-order valence-electron chi connectivity index (χ3n) is 14.1. The Hall–Kier alpha value is -6.98. The van der Waals surface area contributed by atoms with Crippen molar-refractivity contribution in [1.82, 2.24) is 0 Å². The monoisotopic (exact) mass is 806 g/mol. The van der Waals surface area contributed by atoms with Gasteiger partial charge >= 0.3 is 0 Å². The van der Waals surface area contributed by atoms with Crippen molar-refractivity contribution in [2.45, 2.75) is 57.3 Å². The molecule has 0 fully saturated rings. The zero-order chi connectivity index (χ0) is 42.2. The molecule has 304 valence electrons. The fourth-order valence-corrected chi connectivity index (χ4v) is 10.9. The molecule has 2 heterocycles. The van der Waals surface area contributed by atoms with Gasteiger partial charge in [0.2, 0.25) is 0 Å². The SMILES string of the molecule is C=C(/N=C(\N=C(/N)C1=CCCC2=C1Oc1ccccc1C21c2ccccc2-c2ccccc21)C1(C)C=CC(N2c3ccccc3C(C)(C)c3ccccc32)=CC1)C1C=CC=CC1. The molecular weight excluding hydrogens is 757 g/mol. The predicted molar refractivity (Wildman–Crippen MR) is 255 cm³/mol. The molecule has 5 aromatic carbocycles. The molecule has 2 aliphatic heterocycles. The Balaban J connectivity index is 1.02. The Morgan fingerprint density at radius 1 is 0.726 bits per heavy atom. The highest BCUT2D eigenvalue weighted by Gasteiger charge is 2.53. The molecule has 1 spiro atoms. The van der Waals surface area contributed by atoms with E-state index in [1.54, 1.807) is 0 Å². The minimum Gasteiger partial charge on any atom is -0.456 e. The zero-order valence-corrected chi connectivity index (χ0v) is 35.6. The van der Waals surface area contributed by atoms with E-state index in [0.29, 0.717) is 18.1 Å². The molecule has 4 aliphatic carbocycles. The normalized spacial score (nSPS) is 22.4. The van der Waals surface area contributed by atoms with Crippen molar-refractivity contribution < 1.29 is 4.74 Å². The maximum atomic E-state index is 7.33. The summed E-state index contributed by atoms with van der Waals surface area (Å²) in [6, 6.07) is 43.8. The summed E-state index contributed by atoms with van der Waals surface area (Å²) in [7, 11) is 0. The zero-order valence-electron chi connectivity index (χ0n) is 35.6. The summed E-state index contributed by atoms with van der Waals surface area (Å²) in [5, 5.41) is 0. The van der Waals surface area contributed by atoms with Gasteiger partial charge in [-0.1, -0.05) is 166 Å². The van der Waals surface area contributed by atoms with Crippen LogP contribution in [0.1, 0.15) is 74.3 Å². The van der Waals surface area contributed by atoms with Gasteiger partial charge < -0.3 is 15.4 Å². The molecule has 0 saturated carbocycles. The lowest BCUT2D eigenvalue weighted by molar-refractivity contribution is 0.384. The number of benzene rings is 5. The van der Waals surface area contributed by atoms with Crippen LogP contribution in [-0.4, -0.2) is 11.7 Å². The molecule has 11 rings (SSSR count). The lowest BCUT2D eigenvalue weighted by atomic mass is 9.63. The number of ether oxygens (including phenoxy) is 1. The van der Waals surface area contributed by atoms with Crippen molar-refractivity contribution in [2.24, 2.45) is 27.1 Å². The number of hydrogen-bond acceptors (Lipinski definition) is 3. The highest BCUT2D eigenvalue weighted by atomic mass is 16.5. The second kappa shape index (κ2) is 14.3. The average molecular weight is 807 g/mol. The van der Waals surface area contributed by atoms with Crippen molar-refractivity contribution in [3.63, 3.8) is 0 Å². The number of nitrogens with two attached hydrogens (primary N) is 1. The van der Waals surface area contributed by atoms with E-state index in [1.807, 2.05) is 0 Å². The molecule has 0 bridgehead atoms. The van der Waals surface area contributed by atoms with Crippen molar-refractivity contribution in [3.8, 4) is 16.9 Å². The molecule has 0 aromatic heterocycles. The van der Waals surface area contributed by atoms with Crippen LogP contribution in [0.4, 0.5) is 11.4 Å². The summed E-state index contributed by atoms with van der Waals surface area (Å²) < 4.78 is 7.02. The van der Waals surface area contributed by atoms with Crippen molar-refractivity contribution in [2.75, 3.05) is 4.90 Å². The summed E-state index contributed by atoms with van der Waals surface area (Å²) in [5.74, 6) is 2.72. The summed E-state index contributed by atoms with van der Waals surface area (Å²) in [6.45, 7) is 11.4. The number of para-hydroxylation sites is 3. The topological polar surface area (TPSA) is 63.2 Å². The van der Waals surface area contributed by atoms with Crippen LogP contribution < -0.4 is 15.4 Å². The van der Waals surface area contributed by atoms with E-state index in [4.69, 9.17) is 20.5 Å². The van der Waals surface area contributed by atoms with Gasteiger partial charge in [0.05, 0.1) is 22.4 Å². The number of hydrogen-bond donors (Lipinski definition) is 1. The fraction of sp³-hybridized carbons (Fsp3) is 0.193. The van der Waals surface area contributed by atoms with E-state index in [0.717, 1.165) is 53.3 Å². The lowest BCUT2D eigenvalue weighted by Crippen LogP contribution is -2.38. The second-order valence-electron chi connectivity index (χ2n) is 18.1. The smallest absolute Gasteiger partial charge is 0.140 e. The molecule has 6 aliphatic rings. The third kappa shape index (κ3) is 5.60. The Bertz CT molecular complexity index is 2890. The van der Waals surface area contributed by atoms with Gasteiger partial charge in [0.15, 0.2) is 0 Å². The molecule has 0 radical (unpaired) electrons. The van der Waals surface area contributed by atoms with E-state index in [-0.39, 0.29) is 11.3 Å². The summed E-state index contributed by atoms with van der Waals surface area (Å²) in [4.78, 5) is 13.1. The van der Waals surface area contributed by atoms with Crippen LogP contribution in [-0.2, 0) is 10.8 Å². The molecular formula is C57H50N4O. The Morgan fingerprint density at radius 2 is 1.34 bits per heavy atom. The predicted octanol–water partition coefficient (Wildman–Crippen LogP) is 13.1. The van der Waals surface area contributed by atoms with Crippen LogP contribution in [0.15, 0.2) is 215 Å². The number of aliphatic imine (C=N–C) groups is 2. The maximum Gasteiger partial charge on any atom is 0.140 e. The number of fused-ring (bicyclic) bond motifs is 10. The van der Waals surface area contributed by atoms with Gasteiger partial charge in [0.1, 0.15) is 23.2 Å². The number of anilines is 2. The van der Waals surface area contributed by atoms with Crippen molar-refractivity contribution in [3.05, 3.63) is 233 Å². The standard InChI is InChI=1S/C57H50N4O/c1-37(38-19-6-5-7-20-38)59-54(56(4)35-33-39(34-36-56)61-49-30-15-12-26-45(49)55(2,3)46-27-13-16-31-50(46)61)60-53(58)42-23-18-29-48-52(42)62-51-32-17-14-28-47(51)57(48)43-24-10-8-21-40(43)41-22-9-11-25-44(41)57/h5-17,19,21-28,30-35,38H,1,18,20,29,36H2,2-4H3,(H2,58,59,60). The van der Waals surface area contributed by atoms with Gasteiger partial charge in [0.25, 0.3) is 0 Å². The molecule has 0 amide bonds. The first-order valence-corrected chi connectivity index (χ1v) is 22.0. The minimum absolute atomic E-state index is 0.0714. The molecule has 62 heavy (non-hydrogen) atoms. The number of amidine groups is 2. The Labute approximate surface area is 365 Å². The van der Waals surface area contributed by atoms with Crippen molar-refractivity contribution >= 4 is 23.0 Å². The van der Waals surface area contributed by atoms with Crippen LogP contribution in [0.3, 0.4) is 0 Å². The van der Waals surface area contributed by atoms with Gasteiger partial charge in [0, 0.05) is 33.7 Å². The molecule has 2 N–H and O–H groups in total. The highest BCUT2D eigenvalue weighted by Crippen LogP contribution is 2.62. The fourth-order valence-electron chi connectivity index (χ4n) is 10.9. The van der Waals surface area contributed by atoms with Gasteiger partial charge in [-0.25, -0.2) is 9.98 Å². The molecule has 2 unspecified atom stereocenters. The van der Waals surface area contributed by atoms with Gasteiger partial charge in [-0.3, -0.25) is 0 Å². The summed E-state index contributed by atoms with van der Waals surface area (Å²) >= 11 is 0. The second-order valence-corrected chi connectivity index (χ2v) is 18.1. The maximum absolute atomic E-state index is 7.33. The molecule has 5 aromatic rings. The van der Waals surface area contributed by atoms with Crippen LogP contribution >= 0.6 is 0 Å². The first-order chi connectivity index (χ1) is 30.2. The lowest BCUT2D eigenvalue weighted by Gasteiger charge is -2.43. The van der Waals surface area contributed by atoms with E-state index < -0.39 is 10.8 Å². The molecule has 0 saturated heterocycles. The van der Waals surface area contributed by atoms with E-state index in [9.17, 15) is 0 Å². The largest absolute Gasteiger partial charge is 0.456 e. The van der Waals surface area contributed by atoms with Gasteiger partial charge in [-0.2, -0.15) is 0 Å². The molecule has 5 nitrogen and oxygen atoms in total. The summed E-state index contributed by atoms with van der Waals surface area (Å²) in [5.41, 5.74) is 21.2. The average Bonchev–Trinajstić information content (AvgIpc) is 3.60. The number of allylic oxidation sites excluding steroid dienone is 8. The minimum atomic E-state index is -0.587. The van der Waals surface area contributed by atoms with E-state index >= 15 is 0 Å². The summed E-state index contributed by atoms with van der Waals surface area (Å²) in [6.07, 6.45) is 20.7. The molecule has 5 heteroatoms. The van der Waals surface area contributed by atoms with Crippen LogP contribution in [0.2, 0.25) is 0 Å². The molecule has 2 atom stereocenters. The Kier molecular flexibility index (Phi) is 8.76. The first kappa shape index (κ1) is 38.0. The number of rotatable bonds is 5. The van der Waals surface area contributed by atoms with Crippen LogP contribution in [0.5, 0.6) is 5.75 Å². The van der Waals surface area contributed by atoms with Crippen LogP contribution in [0.25, 0.3) is 11.1 Å². The first-order valence-electron chi connectivity index (χ1n) is 22.0. The highest BCUT2D eigenvalue weighted by molar-refractivity contribution is 6.10. The van der Waals surface area contributed by atoms with Crippen LogP contribution in [0, 0.1) is 11.3 Å².